The third-order valence-electron chi connectivity index (χ3n) is 3.53. The van der Waals surface area contributed by atoms with Crippen LogP contribution in [-0.2, 0) is 9.59 Å². The fourth-order valence-electron chi connectivity index (χ4n) is 2.37. The number of amides is 1. The summed E-state index contributed by atoms with van der Waals surface area (Å²) in [6, 6.07) is 0. The topological polar surface area (TPSA) is 66.4 Å². The monoisotopic (exact) mass is 209 g/mol. The number of nitrogens with one attached hydrogen (secondary N) is 1. The van der Waals surface area contributed by atoms with Crippen molar-refractivity contribution in [2.45, 2.75) is 20.3 Å². The summed E-state index contributed by atoms with van der Waals surface area (Å²) in [7, 11) is 0. The Morgan fingerprint density at radius 2 is 2.27 bits per heavy atom. The van der Waals surface area contributed by atoms with Gasteiger partial charge in [-0.1, -0.05) is 19.9 Å². The van der Waals surface area contributed by atoms with E-state index in [1.165, 1.54) is 0 Å². The van der Waals surface area contributed by atoms with Gasteiger partial charge in [0.1, 0.15) is 0 Å². The number of hydrogen-bond acceptors (Lipinski definition) is 2. The summed E-state index contributed by atoms with van der Waals surface area (Å²) in [5.74, 6) is -1.13. The number of hydrogen-bond donors (Lipinski definition) is 2. The number of rotatable bonds is 2. The van der Waals surface area contributed by atoms with E-state index in [2.05, 4.69) is 5.32 Å². The molecule has 1 amide bonds. The van der Waals surface area contributed by atoms with E-state index in [4.69, 9.17) is 5.11 Å². The van der Waals surface area contributed by atoms with Crippen LogP contribution >= 0.6 is 0 Å². The summed E-state index contributed by atoms with van der Waals surface area (Å²) >= 11 is 0. The number of carboxylic acids is 1. The first-order valence-electron chi connectivity index (χ1n) is 5.16. The highest BCUT2D eigenvalue weighted by Crippen LogP contribution is 2.59. The molecule has 0 aromatic heterocycles. The van der Waals surface area contributed by atoms with Crippen LogP contribution in [0.25, 0.3) is 0 Å². The summed E-state index contributed by atoms with van der Waals surface area (Å²) in [5.41, 5.74) is 0.540. The number of carboxylic acid groups (broad SMARTS) is 1. The lowest BCUT2D eigenvalue weighted by atomic mass is 10.1. The van der Waals surface area contributed by atoms with Gasteiger partial charge in [0.15, 0.2) is 0 Å². The quantitative estimate of drug-likeness (QED) is 0.661. The molecule has 1 saturated heterocycles. The summed E-state index contributed by atoms with van der Waals surface area (Å²) in [6.07, 6.45) is 2.57. The average molecular weight is 209 g/mol. The molecular formula is C11H15NO3. The van der Waals surface area contributed by atoms with Crippen molar-refractivity contribution in [2.24, 2.45) is 17.3 Å². The molecule has 1 heterocycles. The van der Waals surface area contributed by atoms with Gasteiger partial charge in [-0.3, -0.25) is 9.59 Å². The van der Waals surface area contributed by atoms with Crippen LogP contribution < -0.4 is 5.32 Å². The Morgan fingerprint density at radius 1 is 1.60 bits per heavy atom. The first-order chi connectivity index (χ1) is 6.94. The fraction of sp³-hybridized carbons (Fsp3) is 0.636. The standard InChI is InChI=1S/C11H15NO3/c1-11(2)7(8(11)10(14)15)5-6-3-4-12-9(6)13/h5,7-8H,3-4H2,1-2H3,(H,12,13)(H,14,15). The molecule has 2 unspecified atom stereocenters. The zero-order valence-corrected chi connectivity index (χ0v) is 8.91. The lowest BCUT2D eigenvalue weighted by Gasteiger charge is -1.97. The first kappa shape index (κ1) is 10.2. The zero-order valence-electron chi connectivity index (χ0n) is 8.91. The Balaban J connectivity index is 2.15. The van der Waals surface area contributed by atoms with Crippen LogP contribution in [0.15, 0.2) is 11.6 Å². The van der Waals surface area contributed by atoms with Gasteiger partial charge < -0.3 is 10.4 Å². The zero-order chi connectivity index (χ0) is 11.2. The smallest absolute Gasteiger partial charge is 0.307 e. The minimum atomic E-state index is -0.764. The van der Waals surface area contributed by atoms with E-state index in [0.717, 1.165) is 12.0 Å². The highest BCUT2D eigenvalue weighted by Gasteiger charge is 2.61. The molecule has 1 saturated carbocycles. The van der Waals surface area contributed by atoms with E-state index in [1.807, 2.05) is 19.9 Å². The van der Waals surface area contributed by atoms with Gasteiger partial charge in [0.2, 0.25) is 5.91 Å². The highest BCUT2D eigenvalue weighted by molar-refractivity contribution is 5.95. The number of carbonyl (C=O) groups is 2. The SMILES string of the molecule is CC1(C)C(C=C2CCNC2=O)C1C(=O)O. The maximum atomic E-state index is 11.3. The van der Waals surface area contributed by atoms with Gasteiger partial charge in [-0.2, -0.15) is 0 Å². The molecule has 1 aliphatic carbocycles. The minimum absolute atomic E-state index is 0.00819. The molecule has 0 bridgehead atoms. The maximum Gasteiger partial charge on any atom is 0.307 e. The van der Waals surface area contributed by atoms with Gasteiger partial charge in [-0.05, 0) is 17.8 Å². The second-order valence-electron chi connectivity index (χ2n) is 4.86. The van der Waals surface area contributed by atoms with Gasteiger partial charge in [0.25, 0.3) is 0 Å². The highest BCUT2D eigenvalue weighted by atomic mass is 16.4. The molecule has 2 rings (SSSR count). The second kappa shape index (κ2) is 3.08. The van der Waals surface area contributed by atoms with Crippen LogP contribution in [0.2, 0.25) is 0 Å². The predicted molar refractivity (Wildman–Crippen MR) is 54.1 cm³/mol. The van der Waals surface area contributed by atoms with Crippen molar-refractivity contribution in [1.29, 1.82) is 0 Å². The second-order valence-corrected chi connectivity index (χ2v) is 4.86. The summed E-state index contributed by atoms with van der Waals surface area (Å²) < 4.78 is 0. The maximum absolute atomic E-state index is 11.3. The van der Waals surface area contributed by atoms with Gasteiger partial charge in [0, 0.05) is 12.1 Å². The normalized spacial score (nSPS) is 35.3. The molecular weight excluding hydrogens is 194 g/mol. The minimum Gasteiger partial charge on any atom is -0.481 e. The first-order valence-corrected chi connectivity index (χ1v) is 5.16. The summed E-state index contributed by atoms with van der Waals surface area (Å²) in [5, 5.41) is 11.7. The number of carbonyl (C=O) groups excluding carboxylic acids is 1. The van der Waals surface area contributed by atoms with E-state index in [9.17, 15) is 9.59 Å². The lowest BCUT2D eigenvalue weighted by Crippen LogP contribution is -2.14. The molecule has 0 spiro atoms. The fourth-order valence-corrected chi connectivity index (χ4v) is 2.37. The van der Waals surface area contributed by atoms with Crippen molar-refractivity contribution in [3.8, 4) is 0 Å². The largest absolute Gasteiger partial charge is 0.481 e. The Kier molecular flexibility index (Phi) is 2.10. The van der Waals surface area contributed by atoms with Crippen LogP contribution in [-0.4, -0.2) is 23.5 Å². The van der Waals surface area contributed by atoms with Crippen LogP contribution in [0, 0.1) is 17.3 Å². The Morgan fingerprint density at radius 3 is 2.67 bits per heavy atom. The van der Waals surface area contributed by atoms with E-state index >= 15 is 0 Å². The molecule has 2 aliphatic rings. The van der Waals surface area contributed by atoms with Crippen molar-refractivity contribution in [3.63, 3.8) is 0 Å². The van der Waals surface area contributed by atoms with Crippen LogP contribution in [0.4, 0.5) is 0 Å². The van der Waals surface area contributed by atoms with Crippen molar-refractivity contribution in [1.82, 2.24) is 5.32 Å². The molecule has 4 heteroatoms. The van der Waals surface area contributed by atoms with Crippen molar-refractivity contribution >= 4 is 11.9 Å². The van der Waals surface area contributed by atoms with Crippen LogP contribution in [0.1, 0.15) is 20.3 Å². The van der Waals surface area contributed by atoms with Gasteiger partial charge in [-0.25, -0.2) is 0 Å². The van der Waals surface area contributed by atoms with Gasteiger partial charge in [-0.15, -0.1) is 0 Å². The molecule has 2 atom stereocenters. The number of allylic oxidation sites excluding steroid dienone is 1. The van der Waals surface area contributed by atoms with Crippen molar-refractivity contribution in [3.05, 3.63) is 11.6 Å². The Hall–Kier alpha value is -1.32. The molecule has 0 radical (unpaired) electrons. The third kappa shape index (κ3) is 1.54. The molecule has 1 aliphatic heterocycles. The molecule has 2 fully saturated rings. The van der Waals surface area contributed by atoms with E-state index in [0.29, 0.717) is 6.54 Å². The van der Waals surface area contributed by atoms with Gasteiger partial charge >= 0.3 is 5.97 Å². The van der Waals surface area contributed by atoms with Crippen molar-refractivity contribution in [2.75, 3.05) is 6.54 Å². The average Bonchev–Trinajstić information content (AvgIpc) is 2.47. The molecule has 0 aromatic carbocycles. The Bertz CT molecular complexity index is 357. The van der Waals surface area contributed by atoms with E-state index in [1.54, 1.807) is 0 Å². The molecule has 82 valence electrons. The summed E-state index contributed by atoms with van der Waals surface area (Å²) in [6.45, 7) is 4.54. The molecule has 4 nitrogen and oxygen atoms in total. The van der Waals surface area contributed by atoms with Gasteiger partial charge in [0.05, 0.1) is 5.92 Å². The predicted octanol–water partition coefficient (Wildman–Crippen LogP) is 0.790. The number of aliphatic carboxylic acids is 1. The third-order valence-corrected chi connectivity index (χ3v) is 3.53. The van der Waals surface area contributed by atoms with Crippen LogP contribution in [0.5, 0.6) is 0 Å². The lowest BCUT2D eigenvalue weighted by molar-refractivity contribution is -0.139. The molecule has 0 aromatic rings. The van der Waals surface area contributed by atoms with Crippen LogP contribution in [0.3, 0.4) is 0 Å². The molecule has 15 heavy (non-hydrogen) atoms. The Labute approximate surface area is 88.4 Å². The summed E-state index contributed by atoms with van der Waals surface area (Å²) in [4.78, 5) is 22.2. The molecule has 2 N–H and O–H groups in total. The van der Waals surface area contributed by atoms with E-state index < -0.39 is 5.97 Å². The van der Waals surface area contributed by atoms with E-state index in [-0.39, 0.29) is 23.2 Å². The van der Waals surface area contributed by atoms with Crippen molar-refractivity contribution < 1.29 is 14.7 Å².